The first-order valence-corrected chi connectivity index (χ1v) is 7.07. The van der Waals surface area contributed by atoms with Gasteiger partial charge in [0, 0.05) is 11.1 Å². The van der Waals surface area contributed by atoms with Gasteiger partial charge in [0.25, 0.3) is 6.47 Å². The van der Waals surface area contributed by atoms with Crippen molar-refractivity contribution in [2.75, 3.05) is 7.11 Å². The highest BCUT2D eigenvalue weighted by atomic mass is 16.5. The Balaban J connectivity index is 1.99. The van der Waals surface area contributed by atoms with E-state index in [0.29, 0.717) is 29.6 Å². The minimum atomic E-state index is -0.431. The fourth-order valence-electron chi connectivity index (χ4n) is 2.79. The first-order chi connectivity index (χ1) is 11.1. The highest BCUT2D eigenvalue weighted by Gasteiger charge is 2.24. The van der Waals surface area contributed by atoms with Gasteiger partial charge in [-0.25, -0.2) is 4.79 Å². The van der Waals surface area contributed by atoms with Crippen LogP contribution in [-0.2, 0) is 27.3 Å². The third kappa shape index (κ3) is 2.73. The zero-order valence-corrected chi connectivity index (χ0v) is 12.5. The zero-order chi connectivity index (χ0) is 16.4. The van der Waals surface area contributed by atoms with E-state index in [1.807, 2.05) is 6.07 Å². The van der Waals surface area contributed by atoms with Crippen molar-refractivity contribution in [1.82, 2.24) is 0 Å². The van der Waals surface area contributed by atoms with Crippen LogP contribution >= 0.6 is 0 Å². The molecule has 1 aliphatic carbocycles. The van der Waals surface area contributed by atoms with Gasteiger partial charge in [-0.05, 0) is 41.3 Å². The number of rotatable bonds is 4. The highest BCUT2D eigenvalue weighted by Crippen LogP contribution is 2.29. The third-order valence-corrected chi connectivity index (χ3v) is 3.88. The molecule has 0 radical (unpaired) electrons. The van der Waals surface area contributed by atoms with Crippen molar-refractivity contribution in [3.8, 4) is 0 Å². The summed E-state index contributed by atoms with van der Waals surface area (Å²) in [5, 5.41) is 0. The number of fused-ring (bicyclic) bond motifs is 2. The van der Waals surface area contributed by atoms with Crippen LogP contribution < -0.4 is 0 Å². The van der Waals surface area contributed by atoms with E-state index in [1.165, 1.54) is 7.11 Å². The number of hydrogen-bond acceptors (Lipinski definition) is 5. The van der Waals surface area contributed by atoms with Crippen molar-refractivity contribution in [2.45, 2.75) is 13.0 Å². The molecule has 0 amide bonds. The van der Waals surface area contributed by atoms with Crippen LogP contribution in [0.1, 0.15) is 43.0 Å². The molecule has 1 aliphatic rings. The predicted octanol–water partition coefficient (Wildman–Crippen LogP) is 2.28. The molecule has 2 aromatic carbocycles. The molecule has 3 rings (SSSR count). The average Bonchev–Trinajstić information content (AvgIpc) is 2.58. The molecule has 0 unspecified atom stereocenters. The largest absolute Gasteiger partial charge is 0.465 e. The number of benzene rings is 2. The van der Waals surface area contributed by atoms with Crippen molar-refractivity contribution >= 4 is 18.2 Å². The summed E-state index contributed by atoms with van der Waals surface area (Å²) in [5.74, 6) is -0.500. The Morgan fingerprint density at radius 2 is 1.83 bits per heavy atom. The molecular formula is C18H14O5. The van der Waals surface area contributed by atoms with E-state index in [1.54, 1.807) is 30.3 Å². The van der Waals surface area contributed by atoms with Gasteiger partial charge in [0.05, 0.1) is 12.7 Å². The molecule has 0 atom stereocenters. The molecule has 0 N–H and O–H groups in total. The highest BCUT2D eigenvalue weighted by molar-refractivity contribution is 6.12. The number of methoxy groups -OCH3 is 1. The summed E-state index contributed by atoms with van der Waals surface area (Å²) in [6.45, 7) is 0.558. The van der Waals surface area contributed by atoms with Crippen molar-refractivity contribution in [2.24, 2.45) is 0 Å². The van der Waals surface area contributed by atoms with Crippen molar-refractivity contribution in [1.29, 1.82) is 0 Å². The van der Waals surface area contributed by atoms with Crippen molar-refractivity contribution < 1.29 is 23.9 Å². The molecule has 116 valence electrons. The SMILES string of the molecule is COC(=O)c1ccc2c(c1)Cc1cc(COC=O)ccc1C2=O. The summed E-state index contributed by atoms with van der Waals surface area (Å²) in [7, 11) is 1.32. The lowest BCUT2D eigenvalue weighted by Gasteiger charge is -2.19. The van der Waals surface area contributed by atoms with Crippen LogP contribution in [0.4, 0.5) is 0 Å². The molecule has 5 nitrogen and oxygen atoms in total. The first-order valence-electron chi connectivity index (χ1n) is 7.07. The Kier molecular flexibility index (Phi) is 3.93. The monoisotopic (exact) mass is 310 g/mol. The molecule has 23 heavy (non-hydrogen) atoms. The van der Waals surface area contributed by atoms with Crippen molar-refractivity contribution in [3.63, 3.8) is 0 Å². The smallest absolute Gasteiger partial charge is 0.337 e. The van der Waals surface area contributed by atoms with Crippen LogP contribution in [0.5, 0.6) is 0 Å². The van der Waals surface area contributed by atoms with E-state index in [-0.39, 0.29) is 12.4 Å². The first kappa shape index (κ1) is 15.0. The van der Waals surface area contributed by atoms with Gasteiger partial charge in [0.2, 0.25) is 0 Å². The van der Waals surface area contributed by atoms with E-state index < -0.39 is 5.97 Å². The normalized spacial score (nSPS) is 12.1. The van der Waals surface area contributed by atoms with Gasteiger partial charge in [-0.15, -0.1) is 0 Å². The number of ether oxygens (including phenoxy) is 2. The second kappa shape index (κ2) is 6.04. The Morgan fingerprint density at radius 1 is 1.13 bits per heavy atom. The minimum Gasteiger partial charge on any atom is -0.465 e. The number of hydrogen-bond donors (Lipinski definition) is 0. The number of esters is 1. The second-order valence-electron chi connectivity index (χ2n) is 5.27. The fraction of sp³-hybridized carbons (Fsp3) is 0.167. The number of carbonyl (C=O) groups excluding carboxylic acids is 3. The summed E-state index contributed by atoms with van der Waals surface area (Å²) >= 11 is 0. The Morgan fingerprint density at radius 3 is 2.52 bits per heavy atom. The van der Waals surface area contributed by atoms with Crippen LogP contribution in [0, 0.1) is 0 Å². The topological polar surface area (TPSA) is 69.7 Å². The third-order valence-electron chi connectivity index (χ3n) is 3.88. The van der Waals surface area contributed by atoms with Gasteiger partial charge in [-0.2, -0.15) is 0 Å². The molecule has 0 aromatic heterocycles. The molecule has 0 aliphatic heterocycles. The Labute approximate surface area is 132 Å². The number of carbonyl (C=O) groups is 3. The lowest BCUT2D eigenvalue weighted by atomic mass is 9.83. The van der Waals surface area contributed by atoms with Crippen LogP contribution in [0.15, 0.2) is 36.4 Å². The summed E-state index contributed by atoms with van der Waals surface area (Å²) in [5.41, 5.74) is 4.12. The van der Waals surface area contributed by atoms with Crippen LogP contribution in [-0.4, -0.2) is 25.3 Å². The maximum atomic E-state index is 12.6. The summed E-state index contributed by atoms with van der Waals surface area (Å²) in [6.07, 6.45) is 0.538. The molecule has 0 saturated carbocycles. The quantitative estimate of drug-likeness (QED) is 0.546. The van der Waals surface area contributed by atoms with Gasteiger partial charge in [-0.3, -0.25) is 9.59 Å². The zero-order valence-electron chi connectivity index (χ0n) is 12.5. The van der Waals surface area contributed by atoms with E-state index in [0.717, 1.165) is 16.7 Å². The molecule has 0 fully saturated rings. The predicted molar refractivity (Wildman–Crippen MR) is 81.3 cm³/mol. The molecule has 0 bridgehead atoms. The average molecular weight is 310 g/mol. The van der Waals surface area contributed by atoms with E-state index in [2.05, 4.69) is 0 Å². The summed E-state index contributed by atoms with van der Waals surface area (Å²) < 4.78 is 9.46. The van der Waals surface area contributed by atoms with E-state index in [4.69, 9.17) is 9.47 Å². The van der Waals surface area contributed by atoms with Crippen LogP contribution in [0.3, 0.4) is 0 Å². The summed E-state index contributed by atoms with van der Waals surface area (Å²) in [6, 6.07) is 10.3. The lowest BCUT2D eigenvalue weighted by molar-refractivity contribution is -0.129. The van der Waals surface area contributed by atoms with E-state index in [9.17, 15) is 14.4 Å². The standard InChI is InChI=1S/C18H14O5/c1-22-18(21)12-3-5-16-14(7-12)8-13-6-11(9-23-10-19)2-4-15(13)17(16)20/h2-7,10H,8-9H2,1H3. The maximum absolute atomic E-state index is 12.6. The molecule has 0 saturated heterocycles. The number of ketones is 1. The summed E-state index contributed by atoms with van der Waals surface area (Å²) in [4.78, 5) is 34.5. The maximum Gasteiger partial charge on any atom is 0.337 e. The molecule has 5 heteroatoms. The Bertz CT molecular complexity index is 807. The van der Waals surface area contributed by atoms with E-state index >= 15 is 0 Å². The molecule has 0 spiro atoms. The minimum absolute atomic E-state index is 0.0690. The van der Waals surface area contributed by atoms with Crippen LogP contribution in [0.25, 0.3) is 0 Å². The van der Waals surface area contributed by atoms with Crippen LogP contribution in [0.2, 0.25) is 0 Å². The lowest BCUT2D eigenvalue weighted by Crippen LogP contribution is -2.16. The molecule has 0 heterocycles. The van der Waals surface area contributed by atoms with Gasteiger partial charge in [0.1, 0.15) is 6.61 Å². The van der Waals surface area contributed by atoms with Gasteiger partial charge in [-0.1, -0.05) is 18.2 Å². The van der Waals surface area contributed by atoms with Gasteiger partial charge >= 0.3 is 5.97 Å². The van der Waals surface area contributed by atoms with Gasteiger partial charge < -0.3 is 9.47 Å². The molecule has 2 aromatic rings. The van der Waals surface area contributed by atoms with Crippen molar-refractivity contribution in [3.05, 3.63) is 69.8 Å². The second-order valence-corrected chi connectivity index (χ2v) is 5.27. The van der Waals surface area contributed by atoms with Gasteiger partial charge in [0.15, 0.2) is 5.78 Å². The molecular weight excluding hydrogens is 296 g/mol. The fourth-order valence-corrected chi connectivity index (χ4v) is 2.79. The Hall–Kier alpha value is -2.95.